The van der Waals surface area contributed by atoms with Crippen molar-refractivity contribution in [2.75, 3.05) is 0 Å². The van der Waals surface area contributed by atoms with Gasteiger partial charge in [-0.05, 0) is 87.7 Å². The lowest BCUT2D eigenvalue weighted by Gasteiger charge is -2.23. The second-order valence-electron chi connectivity index (χ2n) is 9.28. The van der Waals surface area contributed by atoms with Crippen molar-refractivity contribution in [2.24, 2.45) is 5.92 Å². The minimum absolute atomic E-state index is 0.540. The lowest BCUT2D eigenvalue weighted by Crippen LogP contribution is -2.11. The lowest BCUT2D eigenvalue weighted by molar-refractivity contribution is 0.494. The van der Waals surface area contributed by atoms with Gasteiger partial charge in [0.1, 0.15) is 0 Å². The van der Waals surface area contributed by atoms with Crippen LogP contribution in [0.3, 0.4) is 0 Å². The number of hydrogen-bond acceptors (Lipinski definition) is 0. The zero-order valence-corrected chi connectivity index (χ0v) is 18.7. The Bertz CT molecular complexity index is 1200. The minimum Gasteiger partial charge on any atom is -0.0622 e. The van der Waals surface area contributed by atoms with Gasteiger partial charge in [0.15, 0.2) is 0 Å². The van der Waals surface area contributed by atoms with E-state index in [1.165, 1.54) is 50.1 Å². The van der Waals surface area contributed by atoms with Gasteiger partial charge in [-0.2, -0.15) is 0 Å². The van der Waals surface area contributed by atoms with Crippen LogP contribution in [0.25, 0.3) is 22.3 Å². The average molecular weight is 403 g/mol. The largest absolute Gasteiger partial charge is 0.0622 e. The molecular formula is C31H30. The number of benzene rings is 4. The summed E-state index contributed by atoms with van der Waals surface area (Å²) >= 11 is 0. The van der Waals surface area contributed by atoms with Crippen LogP contribution >= 0.6 is 0 Å². The van der Waals surface area contributed by atoms with Gasteiger partial charge >= 0.3 is 0 Å². The monoisotopic (exact) mass is 402 g/mol. The van der Waals surface area contributed by atoms with Crippen LogP contribution in [0.2, 0.25) is 0 Å². The molecular weight excluding hydrogens is 372 g/mol. The van der Waals surface area contributed by atoms with Crippen LogP contribution in [-0.2, 0) is 12.8 Å². The fourth-order valence-electron chi connectivity index (χ4n) is 5.23. The van der Waals surface area contributed by atoms with E-state index in [1.54, 1.807) is 0 Å². The molecule has 0 heterocycles. The van der Waals surface area contributed by atoms with Gasteiger partial charge in [-0.15, -0.1) is 0 Å². The van der Waals surface area contributed by atoms with Crippen molar-refractivity contribution in [3.8, 4) is 22.3 Å². The normalized spacial score (nSPS) is 13.2. The molecule has 0 fully saturated rings. The summed E-state index contributed by atoms with van der Waals surface area (Å²) in [5.74, 6) is 1.15. The van der Waals surface area contributed by atoms with Gasteiger partial charge < -0.3 is 0 Å². The van der Waals surface area contributed by atoms with Crippen LogP contribution in [0.1, 0.15) is 47.6 Å². The predicted octanol–water partition coefficient (Wildman–Crippen LogP) is 8.22. The smallest absolute Gasteiger partial charge is 0.00105 e. The van der Waals surface area contributed by atoms with E-state index in [0.717, 1.165) is 12.8 Å². The summed E-state index contributed by atoms with van der Waals surface area (Å²) in [6.45, 7) is 6.95. The van der Waals surface area contributed by atoms with Gasteiger partial charge in [-0.3, -0.25) is 0 Å². The maximum atomic E-state index is 2.43. The molecule has 5 rings (SSSR count). The molecule has 31 heavy (non-hydrogen) atoms. The van der Waals surface area contributed by atoms with Gasteiger partial charge in [0.25, 0.3) is 0 Å². The molecule has 1 atom stereocenters. The first-order chi connectivity index (χ1) is 15.1. The topological polar surface area (TPSA) is 0 Å². The average Bonchev–Trinajstić information content (AvgIpc) is 3.16. The maximum Gasteiger partial charge on any atom is -0.00105 e. The Labute approximate surface area is 186 Å². The summed E-state index contributed by atoms with van der Waals surface area (Å²) in [5.41, 5.74) is 12.8. The Morgan fingerprint density at radius 1 is 0.710 bits per heavy atom. The molecule has 154 valence electrons. The van der Waals surface area contributed by atoms with Crippen molar-refractivity contribution < 1.29 is 0 Å². The summed E-state index contributed by atoms with van der Waals surface area (Å²) in [6, 6.07) is 33.6. The molecule has 0 heteroatoms. The molecule has 4 aromatic carbocycles. The molecule has 1 aliphatic rings. The zero-order chi connectivity index (χ0) is 21.4. The van der Waals surface area contributed by atoms with Gasteiger partial charge in [-0.1, -0.05) is 98.8 Å². The molecule has 4 aromatic rings. The highest BCUT2D eigenvalue weighted by Gasteiger charge is 2.25. The van der Waals surface area contributed by atoms with Gasteiger partial charge in [0, 0.05) is 0 Å². The standard InChI is InChI=1S/C31H30/c1-21(2)28(23-11-6-4-7-12-23)18-25-15-10-16-27-30-17-22(3)29(19-26(30)20-31(25)27)24-13-8-5-9-14-24/h4-17,19,21,28H,18,20H2,1-3H3. The Hall–Kier alpha value is -3.12. The predicted molar refractivity (Wildman–Crippen MR) is 133 cm³/mol. The van der Waals surface area contributed by atoms with Crippen LogP contribution in [0.5, 0.6) is 0 Å². The third kappa shape index (κ3) is 3.72. The SMILES string of the molecule is Cc1cc2c(cc1-c1ccccc1)Cc1c(CC(c3ccccc3)C(C)C)cccc1-2. The second kappa shape index (κ2) is 8.19. The van der Waals surface area contributed by atoms with Crippen LogP contribution < -0.4 is 0 Å². The first-order valence-electron chi connectivity index (χ1n) is 11.5. The maximum absolute atomic E-state index is 2.43. The molecule has 0 aromatic heterocycles. The Morgan fingerprint density at radius 3 is 2.13 bits per heavy atom. The molecule has 0 saturated heterocycles. The van der Waals surface area contributed by atoms with E-state index in [0.29, 0.717) is 11.8 Å². The van der Waals surface area contributed by atoms with Gasteiger partial charge in [-0.25, -0.2) is 0 Å². The first-order valence-corrected chi connectivity index (χ1v) is 11.5. The molecule has 0 bridgehead atoms. The molecule has 0 nitrogen and oxygen atoms in total. The van der Waals surface area contributed by atoms with Crippen molar-refractivity contribution in [1.82, 2.24) is 0 Å². The number of hydrogen-bond donors (Lipinski definition) is 0. The van der Waals surface area contributed by atoms with Crippen molar-refractivity contribution >= 4 is 0 Å². The van der Waals surface area contributed by atoms with E-state index in [-0.39, 0.29) is 0 Å². The number of aryl methyl sites for hydroxylation is 1. The Morgan fingerprint density at radius 2 is 1.42 bits per heavy atom. The van der Waals surface area contributed by atoms with Crippen molar-refractivity contribution in [3.05, 3.63) is 119 Å². The summed E-state index contributed by atoms with van der Waals surface area (Å²) in [5, 5.41) is 0. The third-order valence-electron chi connectivity index (χ3n) is 6.94. The summed E-state index contributed by atoms with van der Waals surface area (Å²) in [7, 11) is 0. The minimum atomic E-state index is 0.540. The van der Waals surface area contributed by atoms with Gasteiger partial charge in [0.2, 0.25) is 0 Å². The molecule has 0 spiro atoms. The van der Waals surface area contributed by atoms with Crippen molar-refractivity contribution in [3.63, 3.8) is 0 Å². The highest BCUT2D eigenvalue weighted by Crippen LogP contribution is 2.43. The molecule has 1 aliphatic carbocycles. The molecule has 0 saturated carbocycles. The quantitative estimate of drug-likeness (QED) is 0.278. The fraction of sp³-hybridized carbons (Fsp3) is 0.226. The second-order valence-corrected chi connectivity index (χ2v) is 9.28. The van der Waals surface area contributed by atoms with Crippen LogP contribution in [-0.4, -0.2) is 0 Å². The van der Waals surface area contributed by atoms with Crippen LogP contribution in [0.15, 0.2) is 91.0 Å². The molecule has 1 unspecified atom stereocenters. The van der Waals surface area contributed by atoms with E-state index in [4.69, 9.17) is 0 Å². The molecule has 0 aliphatic heterocycles. The van der Waals surface area contributed by atoms with Gasteiger partial charge in [0.05, 0.1) is 0 Å². The highest BCUT2D eigenvalue weighted by molar-refractivity contribution is 5.82. The lowest BCUT2D eigenvalue weighted by atomic mass is 9.82. The van der Waals surface area contributed by atoms with Crippen LogP contribution in [0.4, 0.5) is 0 Å². The summed E-state index contributed by atoms with van der Waals surface area (Å²) in [4.78, 5) is 0. The molecule has 0 N–H and O–H groups in total. The fourth-order valence-corrected chi connectivity index (χ4v) is 5.23. The number of rotatable bonds is 5. The first kappa shape index (κ1) is 19.8. The van der Waals surface area contributed by atoms with E-state index in [9.17, 15) is 0 Å². The summed E-state index contributed by atoms with van der Waals surface area (Å²) < 4.78 is 0. The van der Waals surface area contributed by atoms with E-state index in [1.807, 2.05) is 0 Å². The highest BCUT2D eigenvalue weighted by atomic mass is 14.3. The summed E-state index contributed by atoms with van der Waals surface area (Å²) in [6.07, 6.45) is 2.14. The van der Waals surface area contributed by atoms with E-state index < -0.39 is 0 Å². The Balaban J connectivity index is 1.53. The van der Waals surface area contributed by atoms with E-state index in [2.05, 4.69) is 112 Å². The Kier molecular flexibility index (Phi) is 5.24. The van der Waals surface area contributed by atoms with Crippen molar-refractivity contribution in [1.29, 1.82) is 0 Å². The third-order valence-corrected chi connectivity index (χ3v) is 6.94. The van der Waals surface area contributed by atoms with Crippen LogP contribution in [0, 0.1) is 12.8 Å². The van der Waals surface area contributed by atoms with E-state index >= 15 is 0 Å². The molecule has 0 radical (unpaired) electrons. The zero-order valence-electron chi connectivity index (χ0n) is 18.7. The van der Waals surface area contributed by atoms with Crippen molar-refractivity contribution in [2.45, 2.75) is 39.5 Å². The molecule has 0 amide bonds. The number of fused-ring (bicyclic) bond motifs is 3.